The highest BCUT2D eigenvalue weighted by Crippen LogP contribution is 2.39. The van der Waals surface area contributed by atoms with E-state index in [1.807, 2.05) is 13.8 Å². The number of rotatable bonds is 7. The smallest absolute Gasteiger partial charge is 0.261 e. The molecule has 0 fully saturated rings. The van der Waals surface area contributed by atoms with E-state index in [9.17, 15) is 18.0 Å². The number of hydrogen-bond acceptors (Lipinski definition) is 5. The Labute approximate surface area is 195 Å². The number of anilines is 3. The Morgan fingerprint density at radius 3 is 2.36 bits per heavy atom. The van der Waals surface area contributed by atoms with E-state index in [1.54, 1.807) is 23.1 Å². The second-order valence-electron chi connectivity index (χ2n) is 9.31. The third-order valence-electron chi connectivity index (χ3n) is 5.33. The monoisotopic (exact) mass is 473 g/mol. The molecule has 0 saturated heterocycles. The van der Waals surface area contributed by atoms with Crippen molar-refractivity contribution in [1.82, 2.24) is 0 Å². The topological polar surface area (TPSA) is 105 Å². The fourth-order valence-corrected chi connectivity index (χ4v) is 4.50. The third kappa shape index (κ3) is 5.84. The van der Waals surface area contributed by atoms with E-state index in [1.165, 1.54) is 31.2 Å². The lowest BCUT2D eigenvalue weighted by molar-refractivity contribution is -0.127. The zero-order valence-electron chi connectivity index (χ0n) is 19.6. The molecule has 8 nitrogen and oxygen atoms in total. The number of benzene rings is 2. The van der Waals surface area contributed by atoms with E-state index in [0.29, 0.717) is 35.3 Å². The zero-order chi connectivity index (χ0) is 24.4. The van der Waals surface area contributed by atoms with Crippen molar-refractivity contribution in [3.05, 3.63) is 42.5 Å². The van der Waals surface area contributed by atoms with Crippen LogP contribution in [-0.4, -0.2) is 33.4 Å². The molecule has 0 saturated carbocycles. The molecule has 0 unspecified atom stereocenters. The maximum absolute atomic E-state index is 13.1. The SMILES string of the molecule is CC(=O)Nc1ccc(S(=O)(=O)Nc2ccc3c(c2)OCC(C)(C)C(=O)N3CCC(C)C)cc1. The van der Waals surface area contributed by atoms with Crippen LogP contribution in [0.3, 0.4) is 0 Å². The number of carbonyl (C=O) groups excluding carboxylic acids is 2. The lowest BCUT2D eigenvalue weighted by Crippen LogP contribution is -2.42. The molecule has 2 aromatic carbocycles. The summed E-state index contributed by atoms with van der Waals surface area (Å²) in [6.45, 7) is 10.0. The minimum absolute atomic E-state index is 0.0190. The van der Waals surface area contributed by atoms with Gasteiger partial charge in [-0.2, -0.15) is 0 Å². The predicted octanol–water partition coefficient (Wildman–Crippen LogP) is 4.24. The van der Waals surface area contributed by atoms with Gasteiger partial charge in [0, 0.05) is 25.2 Å². The van der Waals surface area contributed by atoms with Crippen molar-refractivity contribution in [1.29, 1.82) is 0 Å². The van der Waals surface area contributed by atoms with Crippen LogP contribution < -0.4 is 19.7 Å². The van der Waals surface area contributed by atoms with Crippen molar-refractivity contribution in [3.8, 4) is 5.75 Å². The summed E-state index contributed by atoms with van der Waals surface area (Å²) in [4.78, 5) is 26.1. The van der Waals surface area contributed by atoms with Crippen molar-refractivity contribution >= 4 is 38.9 Å². The molecule has 2 aromatic rings. The van der Waals surface area contributed by atoms with Crippen LogP contribution in [0.25, 0.3) is 0 Å². The molecule has 0 spiro atoms. The van der Waals surface area contributed by atoms with Crippen molar-refractivity contribution in [2.24, 2.45) is 11.3 Å². The Morgan fingerprint density at radius 2 is 1.76 bits per heavy atom. The van der Waals surface area contributed by atoms with Gasteiger partial charge in [0.2, 0.25) is 11.8 Å². The Hall–Kier alpha value is -3.07. The number of amides is 2. The largest absolute Gasteiger partial charge is 0.490 e. The number of ether oxygens (including phenoxy) is 1. The highest BCUT2D eigenvalue weighted by molar-refractivity contribution is 7.92. The van der Waals surface area contributed by atoms with Gasteiger partial charge in [-0.15, -0.1) is 0 Å². The Kier molecular flexibility index (Phi) is 7.02. The van der Waals surface area contributed by atoms with Gasteiger partial charge in [-0.3, -0.25) is 14.3 Å². The van der Waals surface area contributed by atoms with Gasteiger partial charge in [0.1, 0.15) is 12.4 Å². The molecule has 2 amide bonds. The summed E-state index contributed by atoms with van der Waals surface area (Å²) in [5, 5.41) is 2.60. The second kappa shape index (κ2) is 9.43. The van der Waals surface area contributed by atoms with Gasteiger partial charge in [-0.25, -0.2) is 8.42 Å². The number of hydrogen-bond donors (Lipinski definition) is 2. The Balaban J connectivity index is 1.87. The van der Waals surface area contributed by atoms with E-state index >= 15 is 0 Å². The molecule has 178 valence electrons. The molecule has 0 radical (unpaired) electrons. The molecule has 0 aromatic heterocycles. The first-order valence-corrected chi connectivity index (χ1v) is 12.4. The quantitative estimate of drug-likeness (QED) is 0.626. The maximum atomic E-state index is 13.1. The molecule has 9 heteroatoms. The van der Waals surface area contributed by atoms with Crippen LogP contribution in [0.15, 0.2) is 47.4 Å². The van der Waals surface area contributed by atoms with Crippen LogP contribution in [0.5, 0.6) is 5.75 Å². The molecule has 2 N–H and O–H groups in total. The minimum atomic E-state index is -3.86. The Morgan fingerprint density at radius 1 is 1.12 bits per heavy atom. The maximum Gasteiger partial charge on any atom is 0.261 e. The minimum Gasteiger partial charge on any atom is -0.490 e. The van der Waals surface area contributed by atoms with Gasteiger partial charge in [0.25, 0.3) is 10.0 Å². The molecule has 1 heterocycles. The lowest BCUT2D eigenvalue weighted by atomic mass is 9.92. The number of fused-ring (bicyclic) bond motifs is 1. The highest BCUT2D eigenvalue weighted by atomic mass is 32.2. The first kappa shape index (κ1) is 24.6. The lowest BCUT2D eigenvalue weighted by Gasteiger charge is -2.28. The third-order valence-corrected chi connectivity index (χ3v) is 6.73. The van der Waals surface area contributed by atoms with Crippen LogP contribution in [0.1, 0.15) is 41.0 Å². The van der Waals surface area contributed by atoms with E-state index in [-0.39, 0.29) is 23.3 Å². The summed E-state index contributed by atoms with van der Waals surface area (Å²) in [5.41, 5.74) is 0.767. The summed E-state index contributed by atoms with van der Waals surface area (Å²) in [7, 11) is -3.86. The van der Waals surface area contributed by atoms with Crippen LogP contribution in [0.2, 0.25) is 0 Å². The van der Waals surface area contributed by atoms with Crippen molar-refractivity contribution in [3.63, 3.8) is 0 Å². The van der Waals surface area contributed by atoms with Gasteiger partial charge in [0.05, 0.1) is 21.7 Å². The highest BCUT2D eigenvalue weighted by Gasteiger charge is 2.37. The molecule has 1 aliphatic heterocycles. The van der Waals surface area contributed by atoms with Crippen molar-refractivity contribution < 1.29 is 22.7 Å². The van der Waals surface area contributed by atoms with E-state index < -0.39 is 15.4 Å². The van der Waals surface area contributed by atoms with Crippen molar-refractivity contribution in [2.75, 3.05) is 28.1 Å². The van der Waals surface area contributed by atoms with Gasteiger partial charge in [-0.1, -0.05) is 13.8 Å². The van der Waals surface area contributed by atoms with Gasteiger partial charge < -0.3 is 15.0 Å². The zero-order valence-corrected chi connectivity index (χ0v) is 20.5. The first-order chi connectivity index (χ1) is 15.4. The Bertz CT molecular complexity index is 1140. The molecule has 0 bridgehead atoms. The molecule has 1 aliphatic rings. The van der Waals surface area contributed by atoms with E-state index in [0.717, 1.165) is 6.42 Å². The number of sulfonamides is 1. The molecule has 33 heavy (non-hydrogen) atoms. The first-order valence-electron chi connectivity index (χ1n) is 10.9. The van der Waals surface area contributed by atoms with Gasteiger partial charge >= 0.3 is 0 Å². The molecule has 0 aliphatic carbocycles. The van der Waals surface area contributed by atoms with Gasteiger partial charge in [-0.05, 0) is 62.6 Å². The molecular formula is C24H31N3O5S. The fourth-order valence-electron chi connectivity index (χ4n) is 3.45. The van der Waals surface area contributed by atoms with E-state index in [2.05, 4.69) is 23.9 Å². The van der Waals surface area contributed by atoms with Crippen LogP contribution in [0.4, 0.5) is 17.1 Å². The van der Waals surface area contributed by atoms with Crippen LogP contribution >= 0.6 is 0 Å². The van der Waals surface area contributed by atoms with Crippen LogP contribution in [-0.2, 0) is 19.6 Å². The summed E-state index contributed by atoms with van der Waals surface area (Å²) in [5.74, 6) is 0.628. The number of carbonyl (C=O) groups is 2. The average Bonchev–Trinajstić information content (AvgIpc) is 2.81. The average molecular weight is 474 g/mol. The van der Waals surface area contributed by atoms with Gasteiger partial charge in [0.15, 0.2) is 0 Å². The fraction of sp³-hybridized carbons (Fsp3) is 0.417. The molecule has 3 rings (SSSR count). The molecular weight excluding hydrogens is 442 g/mol. The van der Waals surface area contributed by atoms with Crippen LogP contribution in [0, 0.1) is 11.3 Å². The summed E-state index contributed by atoms with van der Waals surface area (Å²) in [6.07, 6.45) is 0.837. The van der Waals surface area contributed by atoms with E-state index in [4.69, 9.17) is 4.74 Å². The number of nitrogens with one attached hydrogen (secondary N) is 2. The predicted molar refractivity (Wildman–Crippen MR) is 129 cm³/mol. The second-order valence-corrected chi connectivity index (χ2v) is 11.0. The summed E-state index contributed by atoms with van der Waals surface area (Å²) in [6, 6.07) is 10.8. The summed E-state index contributed by atoms with van der Waals surface area (Å²) < 4.78 is 34.2. The summed E-state index contributed by atoms with van der Waals surface area (Å²) >= 11 is 0. The standard InChI is InChI=1S/C24H31N3O5S/c1-16(2)12-13-27-21-11-8-19(14-22(21)32-15-24(4,5)23(27)29)26-33(30,31)20-9-6-18(7-10-20)25-17(3)28/h6-11,14,16,26H,12-13,15H2,1-5H3,(H,25,28). The normalized spacial score (nSPS) is 15.5. The molecule has 0 atom stereocenters. The number of nitrogens with zero attached hydrogens (tertiary/aromatic N) is 1. The van der Waals surface area contributed by atoms with Crippen molar-refractivity contribution in [2.45, 2.75) is 45.9 Å².